The van der Waals surface area contributed by atoms with E-state index in [4.69, 9.17) is 0 Å². The highest BCUT2D eigenvalue weighted by Gasteiger charge is 2.21. The van der Waals surface area contributed by atoms with Crippen molar-refractivity contribution in [3.8, 4) is 0 Å². The molecule has 2 aromatic rings. The Morgan fingerprint density at radius 2 is 1.82 bits per heavy atom. The van der Waals surface area contributed by atoms with Crippen LogP contribution in [0.5, 0.6) is 0 Å². The van der Waals surface area contributed by atoms with Crippen molar-refractivity contribution in [3.05, 3.63) is 53.7 Å². The number of carbonyl (C=O) groups excluding carboxylic acids is 1. The predicted molar refractivity (Wildman–Crippen MR) is 111 cm³/mol. The van der Waals surface area contributed by atoms with E-state index in [2.05, 4.69) is 10.3 Å². The lowest BCUT2D eigenvalue weighted by Crippen LogP contribution is -2.36. The molecule has 7 nitrogen and oxygen atoms in total. The molecule has 1 fully saturated rings. The largest absolute Gasteiger partial charge is 0.365 e. The predicted octanol–water partition coefficient (Wildman–Crippen LogP) is 2.72. The van der Waals surface area contributed by atoms with Gasteiger partial charge in [0, 0.05) is 32.9 Å². The number of likely N-dealkylation sites (tertiary alicyclic amines) is 1. The Morgan fingerprint density at radius 1 is 1.14 bits per heavy atom. The van der Waals surface area contributed by atoms with Gasteiger partial charge >= 0.3 is 0 Å². The summed E-state index contributed by atoms with van der Waals surface area (Å²) >= 11 is 0. The Bertz CT molecular complexity index is 923. The summed E-state index contributed by atoms with van der Waals surface area (Å²) in [5, 5.41) is 3.24. The second-order valence-corrected chi connectivity index (χ2v) is 9.02. The minimum atomic E-state index is -3.28. The van der Waals surface area contributed by atoms with Crippen molar-refractivity contribution in [3.63, 3.8) is 0 Å². The van der Waals surface area contributed by atoms with E-state index in [1.54, 1.807) is 30.5 Å². The van der Waals surface area contributed by atoms with Crippen molar-refractivity contribution in [1.82, 2.24) is 9.88 Å². The highest BCUT2D eigenvalue weighted by molar-refractivity contribution is 7.92. The van der Waals surface area contributed by atoms with Crippen LogP contribution in [0.1, 0.15) is 35.2 Å². The van der Waals surface area contributed by atoms with Crippen LogP contribution < -0.4 is 9.62 Å². The maximum atomic E-state index is 12.8. The first-order chi connectivity index (χ1) is 13.4. The molecule has 0 unspecified atom stereocenters. The molecule has 1 aliphatic rings. The zero-order valence-corrected chi connectivity index (χ0v) is 17.1. The van der Waals surface area contributed by atoms with E-state index in [0.717, 1.165) is 31.5 Å². The maximum absolute atomic E-state index is 12.8. The monoisotopic (exact) mass is 402 g/mol. The number of benzene rings is 1. The molecule has 1 aliphatic heterocycles. The number of aromatic nitrogens is 1. The standard InChI is InChI=1S/C20H26N4O3S/c1-23(28(2,26)27)17-10-8-16(9-11-17)15-22-19-18(7-6-12-21-19)20(25)24-13-4-3-5-14-24/h6-12H,3-5,13-15H2,1-2H3,(H,21,22). The summed E-state index contributed by atoms with van der Waals surface area (Å²) in [5.41, 5.74) is 2.15. The molecule has 2 heterocycles. The van der Waals surface area contributed by atoms with E-state index in [1.807, 2.05) is 17.0 Å². The molecule has 1 saturated heterocycles. The zero-order chi connectivity index (χ0) is 20.1. The van der Waals surface area contributed by atoms with Gasteiger partial charge in [-0.25, -0.2) is 13.4 Å². The van der Waals surface area contributed by atoms with E-state index in [-0.39, 0.29) is 5.91 Å². The molecule has 1 aromatic heterocycles. The minimum absolute atomic E-state index is 0.0143. The fourth-order valence-electron chi connectivity index (χ4n) is 3.19. The Labute approximate surface area is 166 Å². The first-order valence-corrected chi connectivity index (χ1v) is 11.2. The summed E-state index contributed by atoms with van der Waals surface area (Å²) in [6, 6.07) is 10.8. The number of nitrogens with one attached hydrogen (secondary N) is 1. The summed E-state index contributed by atoms with van der Waals surface area (Å²) in [5.74, 6) is 0.579. The van der Waals surface area contributed by atoms with Crippen molar-refractivity contribution in [2.45, 2.75) is 25.8 Å². The van der Waals surface area contributed by atoms with Crippen molar-refractivity contribution < 1.29 is 13.2 Å². The van der Waals surface area contributed by atoms with Crippen LogP contribution in [0, 0.1) is 0 Å². The Hall–Kier alpha value is -2.61. The summed E-state index contributed by atoms with van der Waals surface area (Å²) in [6.07, 6.45) is 6.10. The molecule has 0 saturated carbocycles. The first-order valence-electron chi connectivity index (χ1n) is 9.37. The van der Waals surface area contributed by atoms with E-state index in [1.165, 1.54) is 24.0 Å². The zero-order valence-electron chi connectivity index (χ0n) is 16.3. The lowest BCUT2D eigenvalue weighted by Gasteiger charge is -2.27. The molecular weight excluding hydrogens is 376 g/mol. The summed E-state index contributed by atoms with van der Waals surface area (Å²) in [4.78, 5) is 19.1. The van der Waals surface area contributed by atoms with E-state index >= 15 is 0 Å². The van der Waals surface area contributed by atoms with Gasteiger partial charge in [0.15, 0.2) is 0 Å². The number of piperidine rings is 1. The molecule has 0 aliphatic carbocycles. The van der Waals surface area contributed by atoms with Crippen LogP contribution in [-0.4, -0.2) is 50.6 Å². The number of pyridine rings is 1. The van der Waals surface area contributed by atoms with Crippen LogP contribution in [0.2, 0.25) is 0 Å². The van der Waals surface area contributed by atoms with Gasteiger partial charge in [0.1, 0.15) is 5.82 Å². The number of amides is 1. The van der Waals surface area contributed by atoms with Crippen LogP contribution in [-0.2, 0) is 16.6 Å². The van der Waals surface area contributed by atoms with Crippen molar-refractivity contribution >= 4 is 27.4 Å². The number of rotatable bonds is 6. The molecule has 0 spiro atoms. The summed E-state index contributed by atoms with van der Waals surface area (Å²) < 4.78 is 24.5. The second-order valence-electron chi connectivity index (χ2n) is 7.00. The molecule has 1 N–H and O–H groups in total. The van der Waals surface area contributed by atoms with Crippen LogP contribution >= 0.6 is 0 Å². The van der Waals surface area contributed by atoms with Gasteiger partial charge in [0.05, 0.1) is 17.5 Å². The number of hydrogen-bond acceptors (Lipinski definition) is 5. The molecule has 0 bridgehead atoms. The third-order valence-corrected chi connectivity index (χ3v) is 6.14. The summed E-state index contributed by atoms with van der Waals surface area (Å²) in [7, 11) is -1.76. The Morgan fingerprint density at radius 3 is 2.46 bits per heavy atom. The van der Waals surface area contributed by atoms with Gasteiger partial charge in [-0.3, -0.25) is 9.10 Å². The molecule has 0 radical (unpaired) electrons. The number of hydrogen-bond donors (Lipinski definition) is 1. The molecule has 8 heteroatoms. The smallest absolute Gasteiger partial charge is 0.257 e. The fourth-order valence-corrected chi connectivity index (χ4v) is 3.69. The van der Waals surface area contributed by atoms with Crippen molar-refractivity contribution in [1.29, 1.82) is 0 Å². The molecule has 28 heavy (non-hydrogen) atoms. The average Bonchev–Trinajstić information content (AvgIpc) is 2.72. The van der Waals surface area contributed by atoms with Gasteiger partial charge in [-0.1, -0.05) is 12.1 Å². The third-order valence-electron chi connectivity index (χ3n) is 4.94. The molecule has 150 valence electrons. The fraction of sp³-hybridized carbons (Fsp3) is 0.400. The highest BCUT2D eigenvalue weighted by atomic mass is 32.2. The number of nitrogens with zero attached hydrogens (tertiary/aromatic N) is 3. The van der Waals surface area contributed by atoms with Gasteiger partial charge in [0.2, 0.25) is 10.0 Å². The van der Waals surface area contributed by atoms with E-state index in [0.29, 0.717) is 23.6 Å². The summed E-state index contributed by atoms with van der Waals surface area (Å²) in [6.45, 7) is 2.07. The van der Waals surface area contributed by atoms with Gasteiger partial charge in [-0.05, 0) is 49.1 Å². The highest BCUT2D eigenvalue weighted by Crippen LogP contribution is 2.20. The quantitative estimate of drug-likeness (QED) is 0.803. The van der Waals surface area contributed by atoms with E-state index in [9.17, 15) is 13.2 Å². The number of anilines is 2. The second kappa shape index (κ2) is 8.60. The molecule has 3 rings (SSSR count). The Kier molecular flexibility index (Phi) is 6.18. The number of carbonyl (C=O) groups is 1. The minimum Gasteiger partial charge on any atom is -0.365 e. The number of sulfonamides is 1. The lowest BCUT2D eigenvalue weighted by atomic mass is 10.1. The topological polar surface area (TPSA) is 82.6 Å². The van der Waals surface area contributed by atoms with Crippen molar-refractivity contribution in [2.24, 2.45) is 0 Å². The van der Waals surface area contributed by atoms with Crippen LogP contribution in [0.25, 0.3) is 0 Å². The van der Waals surface area contributed by atoms with Gasteiger partial charge in [-0.15, -0.1) is 0 Å². The maximum Gasteiger partial charge on any atom is 0.257 e. The van der Waals surface area contributed by atoms with Crippen molar-refractivity contribution in [2.75, 3.05) is 36.0 Å². The normalized spacial score (nSPS) is 14.6. The van der Waals surface area contributed by atoms with Crippen LogP contribution in [0.15, 0.2) is 42.6 Å². The Balaban J connectivity index is 1.69. The van der Waals surface area contributed by atoms with Gasteiger partial charge < -0.3 is 10.2 Å². The molecule has 0 atom stereocenters. The van der Waals surface area contributed by atoms with Crippen LogP contribution in [0.4, 0.5) is 11.5 Å². The first kappa shape index (κ1) is 20.1. The molecule has 1 amide bonds. The van der Waals surface area contributed by atoms with Gasteiger partial charge in [0.25, 0.3) is 5.91 Å². The third kappa shape index (κ3) is 4.81. The SMILES string of the molecule is CN(c1ccc(CNc2ncccc2C(=O)N2CCCCC2)cc1)S(C)(=O)=O. The van der Waals surface area contributed by atoms with Crippen LogP contribution in [0.3, 0.4) is 0 Å². The lowest BCUT2D eigenvalue weighted by molar-refractivity contribution is 0.0725. The average molecular weight is 403 g/mol. The van der Waals surface area contributed by atoms with Gasteiger partial charge in [-0.2, -0.15) is 0 Å². The molecule has 1 aromatic carbocycles. The molecular formula is C20H26N4O3S. The van der Waals surface area contributed by atoms with E-state index < -0.39 is 10.0 Å².